The number of amides is 2. The maximum Gasteiger partial charge on any atom is 0.407 e. The molecule has 0 radical (unpaired) electrons. The number of carbonyl (C=O) groups is 2. The second-order valence-corrected chi connectivity index (χ2v) is 7.36. The van der Waals surface area contributed by atoms with Gasteiger partial charge in [-0.2, -0.15) is 0 Å². The Labute approximate surface area is 161 Å². The van der Waals surface area contributed by atoms with Gasteiger partial charge in [0.2, 0.25) is 5.95 Å². The van der Waals surface area contributed by atoms with Gasteiger partial charge in [-0.25, -0.2) is 14.8 Å². The molecule has 2 unspecified atom stereocenters. The number of hydrogen-bond donors (Lipinski definition) is 2. The van der Waals surface area contributed by atoms with Gasteiger partial charge in [0.25, 0.3) is 5.91 Å². The van der Waals surface area contributed by atoms with E-state index in [2.05, 4.69) is 25.8 Å². The highest BCUT2D eigenvalue weighted by Gasteiger charge is 2.40. The highest BCUT2D eigenvalue weighted by molar-refractivity contribution is 6.03. The molecule has 4 rings (SSSR count). The van der Waals surface area contributed by atoms with Crippen molar-refractivity contribution in [3.8, 4) is 0 Å². The molecular formula is C18H21N5O5. The SMILES string of the molecule is Cc1oncc1C(=O)Nc1ncc(C2CC(OC(=O)NC3(C)CC3)CO2)cn1. The zero-order chi connectivity index (χ0) is 19.7. The van der Waals surface area contributed by atoms with Gasteiger partial charge in [0, 0.05) is 29.9 Å². The molecule has 0 aromatic carbocycles. The quantitative estimate of drug-likeness (QED) is 0.798. The lowest BCUT2D eigenvalue weighted by molar-refractivity contribution is 0.0683. The number of carbonyl (C=O) groups excluding carboxylic acids is 2. The monoisotopic (exact) mass is 387 g/mol. The minimum atomic E-state index is -0.410. The zero-order valence-electron chi connectivity index (χ0n) is 15.6. The average molecular weight is 387 g/mol. The molecule has 1 saturated heterocycles. The first-order chi connectivity index (χ1) is 13.4. The minimum Gasteiger partial charge on any atom is -0.444 e. The smallest absolute Gasteiger partial charge is 0.407 e. The second-order valence-electron chi connectivity index (χ2n) is 7.36. The molecule has 1 aliphatic heterocycles. The molecule has 2 atom stereocenters. The summed E-state index contributed by atoms with van der Waals surface area (Å²) in [6, 6.07) is 0. The predicted molar refractivity (Wildman–Crippen MR) is 95.6 cm³/mol. The Kier molecular flexibility index (Phi) is 4.71. The number of ether oxygens (including phenoxy) is 2. The lowest BCUT2D eigenvalue weighted by atomic mass is 10.1. The fourth-order valence-corrected chi connectivity index (χ4v) is 2.91. The van der Waals surface area contributed by atoms with Crippen molar-refractivity contribution in [3.05, 3.63) is 35.5 Å². The number of rotatable bonds is 5. The van der Waals surface area contributed by atoms with Crippen LogP contribution in [0.4, 0.5) is 10.7 Å². The average Bonchev–Trinajstić information content (AvgIpc) is 3.04. The Hall–Kier alpha value is -3.01. The third-order valence-electron chi connectivity index (χ3n) is 4.90. The van der Waals surface area contributed by atoms with Crippen LogP contribution in [0, 0.1) is 6.92 Å². The van der Waals surface area contributed by atoms with Crippen molar-refractivity contribution in [3.63, 3.8) is 0 Å². The number of nitrogens with zero attached hydrogens (tertiary/aromatic N) is 3. The van der Waals surface area contributed by atoms with Gasteiger partial charge in [0.15, 0.2) is 0 Å². The summed E-state index contributed by atoms with van der Waals surface area (Å²) in [6.07, 6.45) is 5.99. The van der Waals surface area contributed by atoms with E-state index in [1.165, 1.54) is 6.20 Å². The van der Waals surface area contributed by atoms with Crippen LogP contribution in [0.25, 0.3) is 0 Å². The van der Waals surface area contributed by atoms with Crippen molar-refractivity contribution in [2.75, 3.05) is 11.9 Å². The van der Waals surface area contributed by atoms with Crippen molar-refractivity contribution in [2.45, 2.75) is 50.9 Å². The van der Waals surface area contributed by atoms with Gasteiger partial charge < -0.3 is 19.3 Å². The maximum absolute atomic E-state index is 12.1. The van der Waals surface area contributed by atoms with Crippen LogP contribution in [0.2, 0.25) is 0 Å². The van der Waals surface area contributed by atoms with E-state index in [4.69, 9.17) is 14.0 Å². The molecule has 2 fully saturated rings. The van der Waals surface area contributed by atoms with Crippen LogP contribution in [0.5, 0.6) is 0 Å². The molecule has 28 heavy (non-hydrogen) atoms. The van der Waals surface area contributed by atoms with Crippen LogP contribution in [0.15, 0.2) is 23.1 Å². The van der Waals surface area contributed by atoms with Gasteiger partial charge in [-0.3, -0.25) is 10.1 Å². The molecule has 10 heteroatoms. The molecule has 3 heterocycles. The Bertz CT molecular complexity index is 877. The fourth-order valence-electron chi connectivity index (χ4n) is 2.91. The number of alkyl carbamates (subject to hydrolysis) is 1. The van der Waals surface area contributed by atoms with Crippen molar-refractivity contribution in [1.29, 1.82) is 0 Å². The summed E-state index contributed by atoms with van der Waals surface area (Å²) in [4.78, 5) is 32.3. The van der Waals surface area contributed by atoms with Crippen LogP contribution >= 0.6 is 0 Å². The molecule has 2 aromatic heterocycles. The molecule has 0 spiro atoms. The predicted octanol–water partition coefficient (Wildman–Crippen LogP) is 2.13. The first-order valence-corrected chi connectivity index (χ1v) is 9.07. The highest BCUT2D eigenvalue weighted by Crippen LogP contribution is 2.35. The largest absolute Gasteiger partial charge is 0.444 e. The van der Waals surface area contributed by atoms with Gasteiger partial charge in [0.1, 0.15) is 17.4 Å². The van der Waals surface area contributed by atoms with Gasteiger partial charge in [-0.1, -0.05) is 5.16 Å². The highest BCUT2D eigenvalue weighted by atomic mass is 16.6. The molecule has 2 aliphatic rings. The number of nitrogens with one attached hydrogen (secondary N) is 2. The van der Waals surface area contributed by atoms with E-state index in [1.54, 1.807) is 19.3 Å². The Morgan fingerprint density at radius 2 is 2.00 bits per heavy atom. The lowest BCUT2D eigenvalue weighted by Gasteiger charge is -2.15. The van der Waals surface area contributed by atoms with Crippen LogP contribution in [0.1, 0.15) is 54.0 Å². The van der Waals surface area contributed by atoms with E-state index in [9.17, 15) is 9.59 Å². The summed E-state index contributed by atoms with van der Waals surface area (Å²) in [7, 11) is 0. The summed E-state index contributed by atoms with van der Waals surface area (Å²) >= 11 is 0. The third kappa shape index (κ3) is 4.11. The van der Waals surface area contributed by atoms with E-state index < -0.39 is 12.0 Å². The van der Waals surface area contributed by atoms with Crippen molar-refractivity contribution >= 4 is 17.9 Å². The molecule has 148 valence electrons. The molecule has 0 bridgehead atoms. The molecule has 2 amide bonds. The lowest BCUT2D eigenvalue weighted by Crippen LogP contribution is -2.37. The molecule has 1 aliphatic carbocycles. The molecule has 2 aromatic rings. The zero-order valence-corrected chi connectivity index (χ0v) is 15.6. The van der Waals surface area contributed by atoms with Crippen LogP contribution in [0.3, 0.4) is 0 Å². The Balaban J connectivity index is 1.30. The molecule has 1 saturated carbocycles. The van der Waals surface area contributed by atoms with E-state index in [-0.39, 0.29) is 23.7 Å². The van der Waals surface area contributed by atoms with Crippen LogP contribution in [-0.2, 0) is 9.47 Å². The summed E-state index contributed by atoms with van der Waals surface area (Å²) in [5, 5.41) is 9.01. The Morgan fingerprint density at radius 1 is 1.25 bits per heavy atom. The van der Waals surface area contributed by atoms with Crippen molar-refractivity contribution in [2.24, 2.45) is 0 Å². The van der Waals surface area contributed by atoms with Crippen LogP contribution < -0.4 is 10.6 Å². The van der Waals surface area contributed by atoms with Gasteiger partial charge in [0.05, 0.1) is 18.9 Å². The number of aryl methyl sites for hydroxylation is 1. The van der Waals surface area contributed by atoms with E-state index in [0.717, 1.165) is 18.4 Å². The van der Waals surface area contributed by atoms with E-state index in [1.807, 2.05) is 6.92 Å². The fraction of sp³-hybridized carbons (Fsp3) is 0.500. The second kappa shape index (κ2) is 7.19. The van der Waals surface area contributed by atoms with Crippen molar-refractivity contribution < 1.29 is 23.6 Å². The third-order valence-corrected chi connectivity index (χ3v) is 4.90. The molecule has 10 nitrogen and oxygen atoms in total. The first-order valence-electron chi connectivity index (χ1n) is 9.07. The summed E-state index contributed by atoms with van der Waals surface area (Å²) < 4.78 is 16.0. The van der Waals surface area contributed by atoms with E-state index in [0.29, 0.717) is 24.4 Å². The summed E-state index contributed by atoms with van der Waals surface area (Å²) in [6.45, 7) is 3.96. The minimum absolute atomic E-state index is 0.116. The van der Waals surface area contributed by atoms with Crippen LogP contribution in [-0.4, -0.2) is 45.4 Å². The topological polar surface area (TPSA) is 128 Å². The van der Waals surface area contributed by atoms with Gasteiger partial charge >= 0.3 is 6.09 Å². The maximum atomic E-state index is 12.1. The van der Waals surface area contributed by atoms with E-state index >= 15 is 0 Å². The number of hydrogen-bond acceptors (Lipinski definition) is 8. The normalized spacial score (nSPS) is 22.5. The summed E-state index contributed by atoms with van der Waals surface area (Å²) in [5.41, 5.74) is 0.958. The number of anilines is 1. The van der Waals surface area contributed by atoms with Gasteiger partial charge in [-0.05, 0) is 26.7 Å². The standard InChI is InChI=1S/C18H21N5O5/c1-10-13(8-21-28-10)15(24)22-16-19-6-11(7-20-16)14-5-12(9-26-14)27-17(25)23-18(2)3-4-18/h6-8,12,14H,3-5,9H2,1-2H3,(H,23,25)(H,19,20,22,24). The molecule has 2 N–H and O–H groups in total. The molecular weight excluding hydrogens is 366 g/mol. The van der Waals surface area contributed by atoms with Crippen molar-refractivity contribution in [1.82, 2.24) is 20.4 Å². The Morgan fingerprint density at radius 3 is 2.64 bits per heavy atom. The summed E-state index contributed by atoms with van der Waals surface area (Å²) in [5.74, 6) is 0.184. The first kappa shape index (κ1) is 18.4. The van der Waals surface area contributed by atoms with Gasteiger partial charge in [-0.15, -0.1) is 0 Å². The number of aromatic nitrogens is 3.